The number of ether oxygens (including phenoxy) is 1. The summed E-state index contributed by atoms with van der Waals surface area (Å²) in [6.07, 6.45) is 2.62. The van der Waals surface area contributed by atoms with Gasteiger partial charge in [0.05, 0.1) is 6.54 Å². The second-order valence-corrected chi connectivity index (χ2v) is 12.1. The Morgan fingerprint density at radius 3 is 2.15 bits per heavy atom. The summed E-state index contributed by atoms with van der Waals surface area (Å²) >= 11 is 0. The van der Waals surface area contributed by atoms with E-state index >= 15 is 8.78 Å². The topological polar surface area (TPSA) is 120 Å². The second kappa shape index (κ2) is 10.6. The normalized spacial score (nSPS) is 40.3. The summed E-state index contributed by atoms with van der Waals surface area (Å²) in [5, 5.41) is 9.52. The summed E-state index contributed by atoms with van der Waals surface area (Å²) < 4.78 is 36.2. The molecular weight excluding hydrogens is 512 g/mol. The average Bonchev–Trinajstić information content (AvgIpc) is 3.69. The van der Waals surface area contributed by atoms with Gasteiger partial charge in [-0.3, -0.25) is 14.6 Å². The number of carbonyl (C=O) groups excluding carboxylic acids is 2. The van der Waals surface area contributed by atoms with Gasteiger partial charge >= 0.3 is 12.1 Å². The molecule has 3 saturated carbocycles. The predicted octanol–water partition coefficient (Wildman–Crippen LogP) is 1.14. The fourth-order valence-electron chi connectivity index (χ4n) is 7.66. The van der Waals surface area contributed by atoms with Gasteiger partial charge in [0, 0.05) is 81.5 Å². The Kier molecular flexibility index (Phi) is 7.30. The number of fused-ring (bicyclic) bond motifs is 1. The van der Waals surface area contributed by atoms with Crippen LogP contribution in [0.3, 0.4) is 0 Å². The molecule has 5 fully saturated rings. The third kappa shape index (κ3) is 5.04. The van der Waals surface area contributed by atoms with Crippen molar-refractivity contribution in [3.05, 3.63) is 11.8 Å². The molecule has 3 heterocycles. The van der Waals surface area contributed by atoms with Crippen molar-refractivity contribution in [2.45, 2.75) is 93.6 Å². The number of amides is 1. The SMILES string of the molecule is NC[C@H]1CN(C2CCC(N3CCN(C4CC5C(CC4F)C(=O)C(C(=O)O)=CN5C4CC4)CC3)C(F)C2)C(=O)O1. The summed E-state index contributed by atoms with van der Waals surface area (Å²) in [4.78, 5) is 44.7. The van der Waals surface area contributed by atoms with Crippen LogP contribution in [-0.4, -0.2) is 130 Å². The highest BCUT2D eigenvalue weighted by Crippen LogP contribution is 2.43. The first-order valence-electron chi connectivity index (χ1n) is 14.5. The van der Waals surface area contributed by atoms with Gasteiger partial charge in [-0.05, 0) is 38.5 Å². The molecule has 1 amide bonds. The molecular formula is C27H39F2N5O5. The molecule has 216 valence electrons. The maximum absolute atomic E-state index is 15.5. The number of hydrogen-bond donors (Lipinski definition) is 2. The molecule has 7 unspecified atom stereocenters. The Labute approximate surface area is 227 Å². The highest BCUT2D eigenvalue weighted by atomic mass is 19.1. The van der Waals surface area contributed by atoms with E-state index in [2.05, 4.69) is 9.80 Å². The Morgan fingerprint density at radius 2 is 1.56 bits per heavy atom. The van der Waals surface area contributed by atoms with Crippen molar-refractivity contribution >= 4 is 17.8 Å². The second-order valence-electron chi connectivity index (χ2n) is 12.1. The van der Waals surface area contributed by atoms with Gasteiger partial charge in [0.2, 0.25) is 0 Å². The number of Topliss-reactive ketones (excluding diaryl/α,β-unsaturated/α-hetero) is 1. The molecule has 3 aliphatic heterocycles. The minimum Gasteiger partial charge on any atom is -0.478 e. The summed E-state index contributed by atoms with van der Waals surface area (Å²) in [5.41, 5.74) is 5.41. The smallest absolute Gasteiger partial charge is 0.410 e. The molecule has 0 radical (unpaired) electrons. The molecule has 0 spiro atoms. The van der Waals surface area contributed by atoms with Crippen molar-refractivity contribution in [3.63, 3.8) is 0 Å². The van der Waals surface area contributed by atoms with Gasteiger partial charge < -0.3 is 25.4 Å². The zero-order valence-electron chi connectivity index (χ0n) is 22.2. The minimum atomic E-state index is -1.24. The average molecular weight is 552 g/mol. The van der Waals surface area contributed by atoms with Crippen LogP contribution in [0.25, 0.3) is 0 Å². The zero-order valence-corrected chi connectivity index (χ0v) is 22.2. The van der Waals surface area contributed by atoms with Gasteiger partial charge in [-0.2, -0.15) is 0 Å². The van der Waals surface area contributed by atoms with E-state index in [0.29, 0.717) is 52.0 Å². The van der Waals surface area contributed by atoms with Gasteiger partial charge in [-0.15, -0.1) is 0 Å². The number of carboxylic acids is 1. The molecule has 0 aromatic rings. The number of carbonyl (C=O) groups is 3. The Balaban J connectivity index is 1.05. The third-order valence-corrected chi connectivity index (χ3v) is 9.91. The minimum absolute atomic E-state index is 0.0444. The standard InChI is InChI=1S/C27H39F2N5O5/c28-20-9-16(34-13-17(12-30)39-27(34)38)3-4-22(20)31-5-7-32(8-6-31)24-11-23-18(10-21(24)29)25(35)19(26(36)37)14-33(23)15-1-2-15/h14-18,20-24H,1-13,30H2,(H,36,37)/t16?,17-,18?,20?,21?,22?,23?,24?/m0/s1. The third-order valence-electron chi connectivity index (χ3n) is 9.91. The fourth-order valence-corrected chi connectivity index (χ4v) is 7.66. The molecule has 10 nitrogen and oxygen atoms in total. The number of alkyl halides is 2. The van der Waals surface area contributed by atoms with E-state index in [9.17, 15) is 19.5 Å². The number of aliphatic carboxylic acids is 1. The lowest BCUT2D eigenvalue weighted by Gasteiger charge is -2.51. The van der Waals surface area contributed by atoms with E-state index in [4.69, 9.17) is 10.5 Å². The Morgan fingerprint density at radius 1 is 0.923 bits per heavy atom. The van der Waals surface area contributed by atoms with Gasteiger partial charge in [0.1, 0.15) is 24.0 Å². The number of piperazine rings is 1. The van der Waals surface area contributed by atoms with E-state index in [1.165, 1.54) is 6.20 Å². The molecule has 2 saturated heterocycles. The van der Waals surface area contributed by atoms with Crippen molar-refractivity contribution in [1.29, 1.82) is 0 Å². The largest absolute Gasteiger partial charge is 0.478 e. The lowest BCUT2D eigenvalue weighted by molar-refractivity contribution is -0.138. The predicted molar refractivity (Wildman–Crippen MR) is 136 cm³/mol. The molecule has 0 aromatic carbocycles. The number of rotatable bonds is 6. The summed E-state index contributed by atoms with van der Waals surface area (Å²) in [7, 11) is 0. The zero-order chi connectivity index (χ0) is 27.4. The van der Waals surface area contributed by atoms with Crippen molar-refractivity contribution in [2.75, 3.05) is 39.3 Å². The maximum Gasteiger partial charge on any atom is 0.410 e. The molecule has 3 N–H and O–H groups in total. The van der Waals surface area contributed by atoms with Gasteiger partial charge in [-0.1, -0.05) is 0 Å². The van der Waals surface area contributed by atoms with Crippen LogP contribution < -0.4 is 5.73 Å². The molecule has 0 bridgehead atoms. The monoisotopic (exact) mass is 551 g/mol. The van der Waals surface area contributed by atoms with Crippen LogP contribution in [0.15, 0.2) is 11.8 Å². The van der Waals surface area contributed by atoms with Crippen molar-refractivity contribution < 1.29 is 33.0 Å². The Hall–Kier alpha value is -2.31. The van der Waals surface area contributed by atoms with Crippen LogP contribution in [0, 0.1) is 5.92 Å². The number of ketones is 1. The molecule has 6 rings (SSSR count). The first-order valence-corrected chi connectivity index (χ1v) is 14.5. The summed E-state index contributed by atoms with van der Waals surface area (Å²) in [6.45, 7) is 3.21. The van der Waals surface area contributed by atoms with E-state index in [-0.39, 0.29) is 61.3 Å². The van der Waals surface area contributed by atoms with Crippen LogP contribution in [-0.2, 0) is 14.3 Å². The number of hydrogen-bond acceptors (Lipinski definition) is 8. The molecule has 3 aliphatic carbocycles. The molecule has 0 aromatic heterocycles. The molecule has 12 heteroatoms. The number of nitrogens with zero attached hydrogens (tertiary/aromatic N) is 4. The first-order chi connectivity index (χ1) is 18.7. The molecule has 39 heavy (non-hydrogen) atoms. The van der Waals surface area contributed by atoms with Crippen molar-refractivity contribution in [2.24, 2.45) is 11.7 Å². The fraction of sp³-hybridized carbons (Fsp3) is 0.815. The lowest BCUT2D eigenvalue weighted by atomic mass is 9.73. The van der Waals surface area contributed by atoms with Crippen LogP contribution in [0.1, 0.15) is 44.9 Å². The highest BCUT2D eigenvalue weighted by Gasteiger charge is 2.51. The molecule has 6 aliphatic rings. The summed E-state index contributed by atoms with van der Waals surface area (Å²) in [6, 6.07) is -0.674. The Bertz CT molecular complexity index is 1020. The maximum atomic E-state index is 15.5. The van der Waals surface area contributed by atoms with Crippen molar-refractivity contribution in [1.82, 2.24) is 19.6 Å². The van der Waals surface area contributed by atoms with E-state index in [0.717, 1.165) is 12.8 Å². The highest BCUT2D eigenvalue weighted by molar-refractivity contribution is 6.18. The lowest BCUT2D eigenvalue weighted by Crippen LogP contribution is -2.62. The van der Waals surface area contributed by atoms with Crippen molar-refractivity contribution in [3.8, 4) is 0 Å². The van der Waals surface area contributed by atoms with Gasteiger partial charge in [0.15, 0.2) is 5.78 Å². The van der Waals surface area contributed by atoms with E-state index in [1.807, 2.05) is 4.90 Å². The number of nitrogens with two attached hydrogens (primary N) is 1. The van der Waals surface area contributed by atoms with Crippen LogP contribution in [0.2, 0.25) is 0 Å². The van der Waals surface area contributed by atoms with E-state index in [1.54, 1.807) is 4.90 Å². The number of carboxylic acid groups (broad SMARTS) is 1. The number of cyclic esters (lactones) is 1. The van der Waals surface area contributed by atoms with Gasteiger partial charge in [0.25, 0.3) is 0 Å². The van der Waals surface area contributed by atoms with Crippen LogP contribution in [0.4, 0.5) is 13.6 Å². The first kappa shape index (κ1) is 26.9. The molecule has 8 atom stereocenters. The van der Waals surface area contributed by atoms with E-state index < -0.39 is 36.1 Å². The summed E-state index contributed by atoms with van der Waals surface area (Å²) in [5.74, 6) is -2.30. The quantitative estimate of drug-likeness (QED) is 0.469. The number of halogens is 2. The van der Waals surface area contributed by atoms with Crippen LogP contribution >= 0.6 is 0 Å². The van der Waals surface area contributed by atoms with Crippen LogP contribution in [0.5, 0.6) is 0 Å². The van der Waals surface area contributed by atoms with Gasteiger partial charge in [-0.25, -0.2) is 18.4 Å².